The van der Waals surface area contributed by atoms with Gasteiger partial charge in [-0.05, 0) is 24.6 Å². The van der Waals surface area contributed by atoms with Crippen LogP contribution in [0.25, 0.3) is 5.69 Å². The molecule has 0 fully saturated rings. The number of carbonyl (C=O) groups is 1. The van der Waals surface area contributed by atoms with E-state index in [-0.39, 0.29) is 12.2 Å². The van der Waals surface area contributed by atoms with Crippen molar-refractivity contribution in [2.24, 2.45) is 0 Å². The molecule has 0 spiro atoms. The fraction of sp³-hybridized carbons (Fsp3) is 0.150. The van der Waals surface area contributed by atoms with Crippen molar-refractivity contribution in [2.45, 2.75) is 13.5 Å². The Hall–Kier alpha value is -3.61. The van der Waals surface area contributed by atoms with Gasteiger partial charge in [0.1, 0.15) is 11.4 Å². The molecule has 7 nitrogen and oxygen atoms in total. The number of amides is 1. The molecule has 138 valence electrons. The van der Waals surface area contributed by atoms with E-state index in [2.05, 4.69) is 10.4 Å². The summed E-state index contributed by atoms with van der Waals surface area (Å²) in [6, 6.07) is 15.4. The Balaban J connectivity index is 1.90. The molecule has 1 aromatic heterocycles. The van der Waals surface area contributed by atoms with Crippen molar-refractivity contribution in [3.05, 3.63) is 81.8 Å². The molecule has 7 heteroatoms. The predicted molar refractivity (Wildman–Crippen MR) is 100 cm³/mol. The second-order valence-electron chi connectivity index (χ2n) is 5.97. The highest BCUT2D eigenvalue weighted by molar-refractivity contribution is 5.94. The lowest BCUT2D eigenvalue weighted by Gasteiger charge is -2.12. The monoisotopic (exact) mass is 365 g/mol. The minimum Gasteiger partial charge on any atom is -0.505 e. The SMILES string of the molecule is COc1ccccc1-n1nc(C(=O)NCc2ccc(C)cc2)c(O)cc1=O. The number of nitrogens with one attached hydrogen (secondary N) is 1. The van der Waals surface area contributed by atoms with E-state index in [1.165, 1.54) is 7.11 Å². The van der Waals surface area contributed by atoms with Gasteiger partial charge in [0.05, 0.1) is 7.11 Å². The van der Waals surface area contributed by atoms with E-state index in [4.69, 9.17) is 4.74 Å². The van der Waals surface area contributed by atoms with Crippen molar-refractivity contribution in [3.63, 3.8) is 0 Å². The van der Waals surface area contributed by atoms with Gasteiger partial charge in [0, 0.05) is 12.6 Å². The number of methoxy groups -OCH3 is 1. The van der Waals surface area contributed by atoms with Crippen LogP contribution in [0.2, 0.25) is 0 Å². The van der Waals surface area contributed by atoms with Crippen molar-refractivity contribution in [1.29, 1.82) is 0 Å². The molecule has 0 aliphatic heterocycles. The molecule has 0 aliphatic carbocycles. The molecule has 1 heterocycles. The molecule has 0 saturated heterocycles. The lowest BCUT2D eigenvalue weighted by molar-refractivity contribution is 0.0941. The molecule has 0 aliphatic rings. The molecule has 0 saturated carbocycles. The van der Waals surface area contributed by atoms with Gasteiger partial charge in [0.15, 0.2) is 11.4 Å². The van der Waals surface area contributed by atoms with Crippen molar-refractivity contribution in [3.8, 4) is 17.2 Å². The van der Waals surface area contributed by atoms with Crippen LogP contribution in [0.15, 0.2) is 59.4 Å². The first-order valence-corrected chi connectivity index (χ1v) is 8.30. The first kappa shape index (κ1) is 18.2. The maximum atomic E-state index is 12.5. The van der Waals surface area contributed by atoms with Crippen LogP contribution in [-0.4, -0.2) is 27.9 Å². The van der Waals surface area contributed by atoms with Crippen LogP contribution in [0, 0.1) is 6.92 Å². The highest BCUT2D eigenvalue weighted by Crippen LogP contribution is 2.21. The molecule has 0 radical (unpaired) electrons. The molecule has 27 heavy (non-hydrogen) atoms. The summed E-state index contributed by atoms with van der Waals surface area (Å²) in [6.07, 6.45) is 0. The Kier molecular flexibility index (Phi) is 5.21. The molecule has 0 unspecified atom stereocenters. The fourth-order valence-corrected chi connectivity index (χ4v) is 2.56. The summed E-state index contributed by atoms with van der Waals surface area (Å²) in [5.41, 5.74) is 1.58. The topological polar surface area (TPSA) is 93.5 Å². The molecular weight excluding hydrogens is 346 g/mol. The average Bonchev–Trinajstić information content (AvgIpc) is 2.67. The highest BCUT2D eigenvalue weighted by atomic mass is 16.5. The molecule has 0 atom stereocenters. The van der Waals surface area contributed by atoms with Crippen LogP contribution in [-0.2, 0) is 6.54 Å². The van der Waals surface area contributed by atoms with Gasteiger partial charge >= 0.3 is 0 Å². The summed E-state index contributed by atoms with van der Waals surface area (Å²) >= 11 is 0. The molecular formula is C20H19N3O4. The Morgan fingerprint density at radius 2 is 1.89 bits per heavy atom. The zero-order chi connectivity index (χ0) is 19.4. The second-order valence-corrected chi connectivity index (χ2v) is 5.97. The lowest BCUT2D eigenvalue weighted by atomic mass is 10.1. The summed E-state index contributed by atoms with van der Waals surface area (Å²) in [5, 5.41) is 16.8. The molecule has 2 aromatic carbocycles. The third-order valence-electron chi connectivity index (χ3n) is 4.01. The van der Waals surface area contributed by atoms with Gasteiger partial charge in [-0.25, -0.2) is 0 Å². The molecule has 3 aromatic rings. The van der Waals surface area contributed by atoms with E-state index in [1.54, 1.807) is 24.3 Å². The van der Waals surface area contributed by atoms with E-state index < -0.39 is 17.2 Å². The number of hydrogen-bond acceptors (Lipinski definition) is 5. The van der Waals surface area contributed by atoms with Gasteiger partial charge in [0.25, 0.3) is 11.5 Å². The number of carbonyl (C=O) groups excluding carboxylic acids is 1. The highest BCUT2D eigenvalue weighted by Gasteiger charge is 2.18. The number of hydrogen-bond donors (Lipinski definition) is 2. The van der Waals surface area contributed by atoms with Gasteiger partial charge in [-0.2, -0.15) is 9.78 Å². The van der Waals surface area contributed by atoms with Crippen LogP contribution in [0.4, 0.5) is 0 Å². The van der Waals surface area contributed by atoms with Gasteiger partial charge in [0.2, 0.25) is 0 Å². The van der Waals surface area contributed by atoms with Crippen molar-refractivity contribution >= 4 is 5.91 Å². The second kappa shape index (κ2) is 7.74. The van der Waals surface area contributed by atoms with Gasteiger partial charge in [-0.1, -0.05) is 42.0 Å². The number of aromatic hydroxyl groups is 1. The molecule has 0 bridgehead atoms. The first-order chi connectivity index (χ1) is 13.0. The minimum absolute atomic E-state index is 0.243. The smallest absolute Gasteiger partial charge is 0.275 e. The van der Waals surface area contributed by atoms with E-state index in [0.29, 0.717) is 11.4 Å². The first-order valence-electron chi connectivity index (χ1n) is 8.30. The number of rotatable bonds is 5. The van der Waals surface area contributed by atoms with Crippen LogP contribution >= 0.6 is 0 Å². The Morgan fingerprint density at radius 3 is 2.59 bits per heavy atom. The number of ether oxygens (including phenoxy) is 1. The van der Waals surface area contributed by atoms with Crippen LogP contribution in [0.5, 0.6) is 11.5 Å². The zero-order valence-corrected chi connectivity index (χ0v) is 15.0. The largest absolute Gasteiger partial charge is 0.505 e. The zero-order valence-electron chi connectivity index (χ0n) is 15.0. The normalized spacial score (nSPS) is 10.4. The van der Waals surface area contributed by atoms with Gasteiger partial charge < -0.3 is 15.2 Å². The van der Waals surface area contributed by atoms with Crippen LogP contribution < -0.4 is 15.6 Å². The lowest BCUT2D eigenvalue weighted by Crippen LogP contribution is -2.29. The van der Waals surface area contributed by atoms with Crippen molar-refractivity contribution < 1.29 is 14.6 Å². The van der Waals surface area contributed by atoms with Crippen molar-refractivity contribution in [2.75, 3.05) is 7.11 Å². The van der Waals surface area contributed by atoms with Crippen LogP contribution in [0.3, 0.4) is 0 Å². The van der Waals surface area contributed by atoms with Crippen molar-refractivity contribution in [1.82, 2.24) is 15.1 Å². The summed E-state index contributed by atoms with van der Waals surface area (Å²) < 4.78 is 6.26. The number of aryl methyl sites for hydroxylation is 1. The Labute approximate surface area is 155 Å². The third-order valence-corrected chi connectivity index (χ3v) is 4.01. The maximum Gasteiger partial charge on any atom is 0.275 e. The quantitative estimate of drug-likeness (QED) is 0.723. The number of aromatic nitrogens is 2. The Bertz CT molecular complexity index is 1030. The molecule has 2 N–H and O–H groups in total. The van der Waals surface area contributed by atoms with Gasteiger partial charge in [-0.15, -0.1) is 0 Å². The average molecular weight is 365 g/mol. The maximum absolute atomic E-state index is 12.5. The summed E-state index contributed by atoms with van der Waals surface area (Å²) in [5.74, 6) is -0.645. The third kappa shape index (κ3) is 3.98. The Morgan fingerprint density at radius 1 is 1.19 bits per heavy atom. The standard InChI is InChI=1S/C20H19N3O4/c1-13-7-9-14(10-8-13)12-21-20(26)19-16(24)11-18(25)23(22-19)15-5-3-4-6-17(15)27-2/h3-11,24H,12H2,1-2H3,(H,21,26). The van der Waals surface area contributed by atoms with E-state index in [0.717, 1.165) is 21.9 Å². The van der Waals surface area contributed by atoms with E-state index in [1.807, 2.05) is 31.2 Å². The van der Waals surface area contributed by atoms with E-state index >= 15 is 0 Å². The summed E-state index contributed by atoms with van der Waals surface area (Å²) in [6.45, 7) is 2.25. The van der Waals surface area contributed by atoms with Gasteiger partial charge in [-0.3, -0.25) is 9.59 Å². The number of benzene rings is 2. The fourth-order valence-electron chi connectivity index (χ4n) is 2.56. The molecule has 3 rings (SSSR count). The van der Waals surface area contributed by atoms with Crippen LogP contribution in [0.1, 0.15) is 21.6 Å². The minimum atomic E-state index is -0.586. The molecule has 1 amide bonds. The summed E-state index contributed by atoms with van der Waals surface area (Å²) in [7, 11) is 1.47. The number of para-hydroxylation sites is 2. The summed E-state index contributed by atoms with van der Waals surface area (Å²) in [4.78, 5) is 24.7. The number of nitrogens with zero attached hydrogens (tertiary/aromatic N) is 2. The predicted octanol–water partition coefficient (Wildman–Crippen LogP) is 2.19. The van der Waals surface area contributed by atoms with E-state index in [9.17, 15) is 14.7 Å².